The van der Waals surface area contributed by atoms with E-state index in [0.717, 1.165) is 17.9 Å². The molecule has 0 aliphatic heterocycles. The van der Waals surface area contributed by atoms with Crippen LogP contribution in [0.2, 0.25) is 0 Å². The van der Waals surface area contributed by atoms with Gasteiger partial charge in [0, 0.05) is 18.5 Å². The van der Waals surface area contributed by atoms with E-state index in [-0.39, 0.29) is 23.6 Å². The molecule has 2 fully saturated rings. The van der Waals surface area contributed by atoms with E-state index in [2.05, 4.69) is 46.2 Å². The van der Waals surface area contributed by atoms with Gasteiger partial charge >= 0.3 is 6.09 Å². The summed E-state index contributed by atoms with van der Waals surface area (Å²) in [6, 6.07) is 10.6. The lowest BCUT2D eigenvalue weighted by atomic mass is 9.80. The number of anilines is 1. The summed E-state index contributed by atoms with van der Waals surface area (Å²) in [5, 5.41) is 23.1. The quantitative estimate of drug-likeness (QED) is 0.229. The van der Waals surface area contributed by atoms with Crippen LogP contribution in [0.4, 0.5) is 10.6 Å². The van der Waals surface area contributed by atoms with Gasteiger partial charge in [-0.1, -0.05) is 62.9 Å². The summed E-state index contributed by atoms with van der Waals surface area (Å²) in [6.45, 7) is 5.19. The van der Waals surface area contributed by atoms with Gasteiger partial charge in [-0.05, 0) is 50.0 Å². The number of amidine groups is 1. The lowest BCUT2D eigenvalue weighted by molar-refractivity contribution is 0.200. The highest BCUT2D eigenvalue weighted by molar-refractivity contribution is 6.03. The number of amides is 1. The number of carbonyl (C=O) groups is 1. The normalized spacial score (nSPS) is 18.2. The Hall–Kier alpha value is -3.49. The SMILES string of the molecule is CC(c1ccccc1)c1nc2nc(C(=N)NC(=O)O)nc(N[C@H](C)C3CCC3)c2n1CC1CCCCC1. The van der Waals surface area contributed by atoms with Crippen molar-refractivity contribution in [3.63, 3.8) is 0 Å². The number of benzene rings is 1. The van der Waals surface area contributed by atoms with Crippen LogP contribution in [0.25, 0.3) is 11.2 Å². The molecule has 2 saturated carbocycles. The molecule has 4 N–H and O–H groups in total. The van der Waals surface area contributed by atoms with Crippen LogP contribution in [0.5, 0.6) is 0 Å². The molecule has 1 amide bonds. The van der Waals surface area contributed by atoms with E-state index < -0.39 is 6.09 Å². The lowest BCUT2D eigenvalue weighted by Crippen LogP contribution is -2.33. The van der Waals surface area contributed by atoms with Crippen LogP contribution >= 0.6 is 0 Å². The molecular weight excluding hydrogens is 466 g/mol. The van der Waals surface area contributed by atoms with Crippen LogP contribution in [0.1, 0.15) is 88.3 Å². The Bertz CT molecular complexity index is 1260. The van der Waals surface area contributed by atoms with Gasteiger partial charge in [-0.25, -0.2) is 19.7 Å². The van der Waals surface area contributed by atoms with Gasteiger partial charge in [0.05, 0.1) is 0 Å². The van der Waals surface area contributed by atoms with Crippen molar-refractivity contribution in [2.24, 2.45) is 11.8 Å². The van der Waals surface area contributed by atoms with Crippen molar-refractivity contribution in [3.8, 4) is 0 Å². The maximum atomic E-state index is 11.2. The van der Waals surface area contributed by atoms with Crippen molar-refractivity contribution >= 4 is 28.9 Å². The molecule has 2 aromatic heterocycles. The second-order valence-electron chi connectivity index (χ2n) is 10.7. The van der Waals surface area contributed by atoms with E-state index in [0.29, 0.717) is 23.3 Å². The van der Waals surface area contributed by atoms with E-state index in [4.69, 9.17) is 15.4 Å². The van der Waals surface area contributed by atoms with Crippen molar-refractivity contribution < 1.29 is 9.90 Å². The number of rotatable bonds is 8. The molecule has 3 aromatic rings. The lowest BCUT2D eigenvalue weighted by Gasteiger charge is -2.32. The fourth-order valence-corrected chi connectivity index (χ4v) is 5.74. The first-order chi connectivity index (χ1) is 17.9. The maximum Gasteiger partial charge on any atom is 0.410 e. The highest BCUT2D eigenvalue weighted by atomic mass is 16.4. The molecule has 2 aliphatic rings. The van der Waals surface area contributed by atoms with Crippen molar-refractivity contribution in [3.05, 3.63) is 47.5 Å². The van der Waals surface area contributed by atoms with Gasteiger partial charge in [-0.15, -0.1) is 0 Å². The average Bonchev–Trinajstić information content (AvgIpc) is 3.21. The molecule has 5 rings (SSSR count). The van der Waals surface area contributed by atoms with Crippen molar-refractivity contribution in [1.82, 2.24) is 24.8 Å². The van der Waals surface area contributed by atoms with Gasteiger partial charge in [-0.3, -0.25) is 10.7 Å². The van der Waals surface area contributed by atoms with E-state index in [1.54, 1.807) is 0 Å². The van der Waals surface area contributed by atoms with Crippen LogP contribution in [-0.2, 0) is 6.54 Å². The topological polar surface area (TPSA) is 129 Å². The molecular formula is C28H37N7O2. The minimum Gasteiger partial charge on any atom is -0.465 e. The summed E-state index contributed by atoms with van der Waals surface area (Å²) in [5.74, 6) is 2.41. The van der Waals surface area contributed by atoms with Crippen LogP contribution in [0, 0.1) is 17.2 Å². The molecule has 9 nitrogen and oxygen atoms in total. The molecule has 1 aromatic carbocycles. The molecule has 1 unspecified atom stereocenters. The third-order valence-corrected chi connectivity index (χ3v) is 8.16. The van der Waals surface area contributed by atoms with E-state index in [9.17, 15) is 9.90 Å². The van der Waals surface area contributed by atoms with Crippen LogP contribution in [0.3, 0.4) is 0 Å². The molecule has 2 aliphatic carbocycles. The van der Waals surface area contributed by atoms with Gasteiger partial charge in [0.25, 0.3) is 0 Å². The Morgan fingerprint density at radius 3 is 2.43 bits per heavy atom. The zero-order valence-electron chi connectivity index (χ0n) is 21.7. The number of nitrogens with zero attached hydrogens (tertiary/aromatic N) is 4. The fourth-order valence-electron chi connectivity index (χ4n) is 5.74. The van der Waals surface area contributed by atoms with Gasteiger partial charge < -0.3 is 15.0 Å². The Kier molecular flexibility index (Phi) is 7.39. The van der Waals surface area contributed by atoms with Crippen molar-refractivity contribution in [2.75, 3.05) is 5.32 Å². The molecule has 2 heterocycles. The zero-order chi connectivity index (χ0) is 25.9. The number of imidazole rings is 1. The van der Waals surface area contributed by atoms with Crippen LogP contribution in [-0.4, -0.2) is 42.6 Å². The van der Waals surface area contributed by atoms with Gasteiger partial charge in [0.2, 0.25) is 0 Å². The third kappa shape index (κ3) is 5.45. The molecule has 9 heteroatoms. The number of carboxylic acid groups (broad SMARTS) is 1. The summed E-state index contributed by atoms with van der Waals surface area (Å²) in [4.78, 5) is 25.5. The molecule has 2 atom stereocenters. The van der Waals surface area contributed by atoms with Crippen LogP contribution < -0.4 is 10.6 Å². The molecule has 0 spiro atoms. The van der Waals surface area contributed by atoms with Gasteiger partial charge in [-0.2, -0.15) is 0 Å². The van der Waals surface area contributed by atoms with Crippen molar-refractivity contribution in [2.45, 2.75) is 83.7 Å². The zero-order valence-corrected chi connectivity index (χ0v) is 21.7. The first-order valence-electron chi connectivity index (χ1n) is 13.6. The number of fused-ring (bicyclic) bond motifs is 1. The summed E-state index contributed by atoms with van der Waals surface area (Å²) < 4.78 is 2.30. The molecule has 0 saturated heterocycles. The number of nitrogens with one attached hydrogen (secondary N) is 3. The summed E-state index contributed by atoms with van der Waals surface area (Å²) in [5.41, 5.74) is 2.52. The largest absolute Gasteiger partial charge is 0.465 e. The summed E-state index contributed by atoms with van der Waals surface area (Å²) in [6.07, 6.45) is 8.50. The number of hydrogen-bond acceptors (Lipinski definition) is 6. The molecule has 37 heavy (non-hydrogen) atoms. The monoisotopic (exact) mass is 503 g/mol. The second-order valence-corrected chi connectivity index (χ2v) is 10.7. The molecule has 0 radical (unpaired) electrons. The number of hydrogen-bond donors (Lipinski definition) is 4. The third-order valence-electron chi connectivity index (χ3n) is 8.16. The van der Waals surface area contributed by atoms with Gasteiger partial charge in [0.1, 0.15) is 11.3 Å². The minimum absolute atomic E-state index is 0.0273. The second kappa shape index (κ2) is 10.9. The van der Waals surface area contributed by atoms with E-state index in [1.165, 1.54) is 56.9 Å². The predicted octanol–water partition coefficient (Wildman–Crippen LogP) is 5.75. The summed E-state index contributed by atoms with van der Waals surface area (Å²) in [7, 11) is 0. The predicted molar refractivity (Wildman–Crippen MR) is 144 cm³/mol. The Morgan fingerprint density at radius 2 is 1.78 bits per heavy atom. The highest BCUT2D eigenvalue weighted by Crippen LogP contribution is 2.35. The Morgan fingerprint density at radius 1 is 1.05 bits per heavy atom. The molecule has 196 valence electrons. The van der Waals surface area contributed by atoms with Crippen molar-refractivity contribution in [1.29, 1.82) is 5.41 Å². The fraction of sp³-hybridized carbons (Fsp3) is 0.536. The first kappa shape index (κ1) is 25.2. The van der Waals surface area contributed by atoms with E-state index in [1.807, 2.05) is 18.2 Å². The highest BCUT2D eigenvalue weighted by Gasteiger charge is 2.29. The van der Waals surface area contributed by atoms with E-state index >= 15 is 0 Å². The van der Waals surface area contributed by atoms with Crippen LogP contribution in [0.15, 0.2) is 30.3 Å². The minimum atomic E-state index is -1.31. The summed E-state index contributed by atoms with van der Waals surface area (Å²) >= 11 is 0. The average molecular weight is 504 g/mol. The Labute approximate surface area is 217 Å². The van der Waals surface area contributed by atoms with Gasteiger partial charge in [0.15, 0.2) is 23.1 Å². The standard InChI is InChI=1S/C28H37N7O2/c1-17(20-12-7-4-8-13-20)27-34-25-22(35(27)16-19-10-5-3-6-11-19)24(30-18(2)21-14-9-15-21)32-26(33-25)23(29)31-28(36)37/h4,7-8,12-13,17-19,21H,3,5-6,9-11,14-16H2,1-2H3,(H2,29,31)(H,36,37)(H,30,32,33)/t17?,18-/m1/s1. The smallest absolute Gasteiger partial charge is 0.410 e. The maximum absolute atomic E-state index is 11.2. The first-order valence-corrected chi connectivity index (χ1v) is 13.6. The Balaban J connectivity index is 1.64. The number of aromatic nitrogens is 4. The molecule has 0 bridgehead atoms.